The maximum Gasteiger partial charge on any atom is 4.00 e. The van der Waals surface area contributed by atoms with Gasteiger partial charge >= 0.3 is 26.2 Å². The molecule has 5 rings (SSSR count). The third kappa shape index (κ3) is 6.60. The molecule has 3 aromatic rings. The van der Waals surface area contributed by atoms with Crippen LogP contribution in [0, 0.1) is 25.2 Å². The predicted octanol–water partition coefficient (Wildman–Crippen LogP) is -0.155. The first kappa shape index (κ1) is 25.7. The molecule has 0 N–H and O–H groups in total. The van der Waals surface area contributed by atoms with Gasteiger partial charge in [0.25, 0.3) is 0 Å². The zero-order valence-corrected chi connectivity index (χ0v) is 19.9. The monoisotopic (exact) mass is 484 g/mol. The van der Waals surface area contributed by atoms with Crippen molar-refractivity contribution in [3.8, 4) is 0 Å². The maximum absolute atomic E-state index is 2.42. The van der Waals surface area contributed by atoms with E-state index in [1.54, 1.807) is 0 Å². The molecule has 3 aromatic carbocycles. The second kappa shape index (κ2) is 12.4. The van der Waals surface area contributed by atoms with Crippen molar-refractivity contribution in [2.45, 2.75) is 19.8 Å². The van der Waals surface area contributed by atoms with Crippen LogP contribution >= 0.6 is 8.58 Å². The Hall–Kier alpha value is -1.30. The Morgan fingerprint density at radius 2 is 1.66 bits per heavy atom. The van der Waals surface area contributed by atoms with Crippen LogP contribution in [0.1, 0.15) is 18.4 Å². The predicted molar refractivity (Wildman–Crippen MR) is 117 cm³/mol. The van der Waals surface area contributed by atoms with E-state index in [-0.39, 0.29) is 35.6 Å². The van der Waals surface area contributed by atoms with Gasteiger partial charge in [-0.2, -0.15) is 12.5 Å². The first-order valence-corrected chi connectivity index (χ1v) is 10.5. The van der Waals surface area contributed by atoms with Gasteiger partial charge in [0, 0.05) is 0 Å². The Bertz CT molecular complexity index is 894. The summed E-state index contributed by atoms with van der Waals surface area (Å²) in [6.45, 7) is 2.19. The topological polar surface area (TPSA) is 0 Å². The molecule has 0 amide bonds. The van der Waals surface area contributed by atoms with E-state index in [9.17, 15) is 0 Å². The normalized spacial score (nSPS) is 18.9. The van der Waals surface area contributed by atoms with Crippen LogP contribution in [-0.2, 0) is 26.2 Å². The van der Waals surface area contributed by atoms with Crippen molar-refractivity contribution in [3.05, 3.63) is 97.0 Å². The van der Waals surface area contributed by atoms with Gasteiger partial charge < -0.3 is 15.8 Å². The third-order valence-corrected chi connectivity index (χ3v) is 6.69. The summed E-state index contributed by atoms with van der Waals surface area (Å²) < 4.78 is 0. The molecule has 0 heterocycles. The van der Waals surface area contributed by atoms with Gasteiger partial charge in [-0.1, -0.05) is 63.6 Å². The molecule has 1 saturated carbocycles. The summed E-state index contributed by atoms with van der Waals surface area (Å²) in [6, 6.07) is 21.8. The summed E-state index contributed by atoms with van der Waals surface area (Å²) in [7, 11) is 0.759. The standard InChI is InChI=1S/C16H14P.C9H11.2FH.Zr/c1-12-6-2-5-9-16(12)17-15-10-13-7-3-4-8-14(13)11-15;1-2-5-9-7-3-6-8(9)4-1;;;/h2-11,17H,1H3;1-2,4-6,8-9H,3,7H2;2*1H;/q2*-1;;;+4/p-2. The van der Waals surface area contributed by atoms with Gasteiger partial charge in [0.15, 0.2) is 0 Å². The Kier molecular flexibility index (Phi) is 11.0. The van der Waals surface area contributed by atoms with Crippen molar-refractivity contribution in [2.24, 2.45) is 11.8 Å². The van der Waals surface area contributed by atoms with Crippen LogP contribution < -0.4 is 20.0 Å². The Morgan fingerprint density at radius 3 is 2.41 bits per heavy atom. The van der Waals surface area contributed by atoms with Crippen LogP contribution in [0.25, 0.3) is 10.8 Å². The average Bonchev–Trinajstić information content (AvgIpc) is 3.30. The molecule has 148 valence electrons. The van der Waals surface area contributed by atoms with Crippen LogP contribution in [0.2, 0.25) is 0 Å². The molecule has 29 heavy (non-hydrogen) atoms. The van der Waals surface area contributed by atoms with Crippen molar-refractivity contribution < 1.29 is 35.6 Å². The smallest absolute Gasteiger partial charge is 1.00 e. The Morgan fingerprint density at radius 1 is 0.931 bits per heavy atom. The Balaban J connectivity index is 0.000000302. The maximum atomic E-state index is 2.42. The fraction of sp³-hybridized carbons (Fsp3) is 0.200. The molecule has 3 atom stereocenters. The van der Waals surface area contributed by atoms with Gasteiger partial charge in [-0.05, 0) is 23.7 Å². The summed E-state index contributed by atoms with van der Waals surface area (Å²) in [5.41, 5.74) is 1.39. The van der Waals surface area contributed by atoms with Crippen molar-refractivity contribution in [1.29, 1.82) is 0 Å². The van der Waals surface area contributed by atoms with Crippen molar-refractivity contribution in [1.82, 2.24) is 0 Å². The van der Waals surface area contributed by atoms with E-state index in [1.165, 1.54) is 39.8 Å². The van der Waals surface area contributed by atoms with Gasteiger partial charge in [0.2, 0.25) is 0 Å². The van der Waals surface area contributed by atoms with Crippen LogP contribution in [0.5, 0.6) is 0 Å². The average molecular weight is 486 g/mol. The van der Waals surface area contributed by atoms with Crippen LogP contribution in [0.15, 0.2) is 85.0 Å². The number of allylic oxidation sites excluding steroid dienone is 4. The van der Waals surface area contributed by atoms with Gasteiger partial charge in [-0.15, -0.1) is 52.3 Å². The van der Waals surface area contributed by atoms with E-state index in [0.717, 1.165) is 20.4 Å². The van der Waals surface area contributed by atoms with Gasteiger partial charge in [-0.25, -0.2) is 0 Å². The summed E-state index contributed by atoms with van der Waals surface area (Å²) >= 11 is 0. The quantitative estimate of drug-likeness (QED) is 0.350. The molecule has 1 fully saturated rings. The summed E-state index contributed by atoms with van der Waals surface area (Å²) in [5, 5.41) is 5.58. The largest absolute Gasteiger partial charge is 4.00 e. The number of halogens is 2. The molecule has 2 aliphatic rings. The summed E-state index contributed by atoms with van der Waals surface area (Å²) in [5.74, 6) is 1.62. The van der Waals surface area contributed by atoms with Crippen LogP contribution in [0.3, 0.4) is 0 Å². The van der Waals surface area contributed by atoms with Crippen molar-refractivity contribution >= 4 is 30.0 Å². The van der Waals surface area contributed by atoms with E-state index in [4.69, 9.17) is 0 Å². The van der Waals surface area contributed by atoms with Crippen LogP contribution in [-0.4, -0.2) is 0 Å². The first-order valence-electron chi connectivity index (χ1n) is 9.46. The molecule has 0 nitrogen and oxygen atoms in total. The number of fused-ring (bicyclic) bond motifs is 2. The van der Waals surface area contributed by atoms with E-state index < -0.39 is 0 Å². The molecule has 0 aromatic heterocycles. The molecule has 0 spiro atoms. The molecule has 3 unspecified atom stereocenters. The minimum atomic E-state index is 0. The van der Waals surface area contributed by atoms with E-state index >= 15 is 0 Å². The molecular formula is C25H25F2PZr. The number of hydrogen-bond acceptors (Lipinski definition) is 0. The minimum Gasteiger partial charge on any atom is -1.00 e. The second-order valence-corrected chi connectivity index (χ2v) is 8.50. The minimum absolute atomic E-state index is 0. The SMILES string of the molecule is C1=CC2[CH-]CCC2C=C1.Cc1ccccc1Pc1cc2ccccc2[cH-]1.[F-].[F-].[Zr+4]. The summed E-state index contributed by atoms with van der Waals surface area (Å²) in [6.07, 6.45) is 14.1. The van der Waals surface area contributed by atoms with E-state index in [2.05, 4.69) is 98.3 Å². The molecule has 2 aliphatic carbocycles. The molecular weight excluding hydrogens is 460 g/mol. The number of aryl methyl sites for hydroxylation is 1. The number of hydrogen-bond donors (Lipinski definition) is 0. The van der Waals surface area contributed by atoms with Gasteiger partial charge in [0.1, 0.15) is 0 Å². The molecule has 0 aliphatic heterocycles. The summed E-state index contributed by atoms with van der Waals surface area (Å²) in [4.78, 5) is 0. The van der Waals surface area contributed by atoms with Gasteiger partial charge in [-0.3, -0.25) is 0 Å². The third-order valence-electron chi connectivity index (χ3n) is 5.28. The zero-order chi connectivity index (χ0) is 17.8. The molecule has 0 saturated heterocycles. The second-order valence-electron chi connectivity index (χ2n) is 7.14. The zero-order valence-electron chi connectivity index (χ0n) is 16.5. The number of benzene rings is 2. The fourth-order valence-electron chi connectivity index (χ4n) is 3.78. The van der Waals surface area contributed by atoms with Crippen molar-refractivity contribution in [3.63, 3.8) is 0 Å². The van der Waals surface area contributed by atoms with Gasteiger partial charge in [0.05, 0.1) is 0 Å². The van der Waals surface area contributed by atoms with Crippen molar-refractivity contribution in [2.75, 3.05) is 0 Å². The fourth-order valence-corrected chi connectivity index (χ4v) is 5.01. The number of rotatable bonds is 2. The molecule has 0 bridgehead atoms. The first-order chi connectivity index (χ1) is 12.8. The van der Waals surface area contributed by atoms with E-state index in [0.29, 0.717) is 0 Å². The molecule has 4 heteroatoms. The van der Waals surface area contributed by atoms with E-state index in [1.807, 2.05) is 0 Å². The Labute approximate surface area is 193 Å². The molecule has 0 radical (unpaired) electrons. The van der Waals surface area contributed by atoms with Crippen LogP contribution in [0.4, 0.5) is 0 Å².